The highest BCUT2D eigenvalue weighted by Gasteiger charge is 2.17. The summed E-state index contributed by atoms with van der Waals surface area (Å²) in [5, 5.41) is 8.71. The number of carbonyl (C=O) groups is 3. The van der Waals surface area contributed by atoms with Crippen molar-refractivity contribution in [3.05, 3.63) is 39.9 Å². The molecule has 0 bridgehead atoms. The van der Waals surface area contributed by atoms with Gasteiger partial charge in [-0.25, -0.2) is 9.78 Å². The number of alkyl carbamates (subject to hydrolysis) is 1. The van der Waals surface area contributed by atoms with E-state index in [4.69, 9.17) is 14.2 Å². The SMILES string of the molecule is Cc1ccc(NC(=O)CCOCCOCCNC(=O)OC(C)(C)C)c(C(=O)Nc2nc(C)c(C)s2)c1. The van der Waals surface area contributed by atoms with Crippen LogP contribution in [-0.4, -0.2) is 61.5 Å². The van der Waals surface area contributed by atoms with Crippen LogP contribution in [0.3, 0.4) is 0 Å². The van der Waals surface area contributed by atoms with E-state index in [0.717, 1.165) is 16.1 Å². The highest BCUT2D eigenvalue weighted by Crippen LogP contribution is 2.24. The quantitative estimate of drug-likeness (QED) is 0.358. The maximum absolute atomic E-state index is 12.8. The van der Waals surface area contributed by atoms with Crippen LogP contribution in [0.1, 0.15) is 53.7 Å². The van der Waals surface area contributed by atoms with Crippen LogP contribution in [0.2, 0.25) is 0 Å². The summed E-state index contributed by atoms with van der Waals surface area (Å²) in [6.07, 6.45) is -0.365. The monoisotopic (exact) mass is 520 g/mol. The fraction of sp³-hybridized carbons (Fsp3) is 0.520. The van der Waals surface area contributed by atoms with Gasteiger partial charge in [0.2, 0.25) is 5.91 Å². The van der Waals surface area contributed by atoms with Crippen molar-refractivity contribution >= 4 is 40.1 Å². The molecule has 1 heterocycles. The van der Waals surface area contributed by atoms with Gasteiger partial charge in [-0.3, -0.25) is 14.9 Å². The molecule has 2 aromatic rings. The van der Waals surface area contributed by atoms with E-state index in [9.17, 15) is 14.4 Å². The van der Waals surface area contributed by atoms with E-state index in [0.29, 0.717) is 42.7 Å². The summed E-state index contributed by atoms with van der Waals surface area (Å²) >= 11 is 1.40. The van der Waals surface area contributed by atoms with Crippen molar-refractivity contribution in [1.82, 2.24) is 10.3 Å². The second-order valence-electron chi connectivity index (χ2n) is 9.12. The lowest BCUT2D eigenvalue weighted by atomic mass is 10.1. The van der Waals surface area contributed by atoms with Gasteiger partial charge in [-0.2, -0.15) is 0 Å². The van der Waals surface area contributed by atoms with E-state index >= 15 is 0 Å². The van der Waals surface area contributed by atoms with Crippen LogP contribution in [0.4, 0.5) is 15.6 Å². The molecule has 11 heteroatoms. The average molecular weight is 521 g/mol. The number of rotatable bonds is 12. The largest absolute Gasteiger partial charge is 0.444 e. The van der Waals surface area contributed by atoms with Crippen LogP contribution in [0.5, 0.6) is 0 Å². The zero-order chi connectivity index (χ0) is 26.7. The molecular weight excluding hydrogens is 484 g/mol. The third-order valence-corrected chi connectivity index (χ3v) is 5.69. The molecule has 0 unspecified atom stereocenters. The van der Waals surface area contributed by atoms with Crippen molar-refractivity contribution in [3.8, 4) is 0 Å². The van der Waals surface area contributed by atoms with Crippen molar-refractivity contribution in [2.45, 2.75) is 53.6 Å². The Morgan fingerprint density at radius 3 is 2.31 bits per heavy atom. The molecule has 0 fully saturated rings. The van der Waals surface area contributed by atoms with Gasteiger partial charge < -0.3 is 24.8 Å². The number of aryl methyl sites for hydroxylation is 3. The summed E-state index contributed by atoms with van der Waals surface area (Å²) in [6.45, 7) is 12.6. The van der Waals surface area contributed by atoms with E-state index < -0.39 is 11.7 Å². The fourth-order valence-corrected chi connectivity index (χ4v) is 3.69. The molecule has 0 atom stereocenters. The number of thiazole rings is 1. The van der Waals surface area contributed by atoms with Crippen LogP contribution in [0, 0.1) is 20.8 Å². The molecule has 3 amide bonds. The molecule has 0 aliphatic carbocycles. The van der Waals surface area contributed by atoms with Gasteiger partial charge in [0.15, 0.2) is 5.13 Å². The van der Waals surface area contributed by atoms with Gasteiger partial charge in [0, 0.05) is 11.4 Å². The number of hydrogen-bond acceptors (Lipinski definition) is 8. The molecule has 0 spiro atoms. The summed E-state index contributed by atoms with van der Waals surface area (Å²) in [5.41, 5.74) is 2.01. The second kappa shape index (κ2) is 13.9. The number of ether oxygens (including phenoxy) is 3. The van der Waals surface area contributed by atoms with Gasteiger partial charge in [-0.05, 0) is 53.7 Å². The number of nitrogens with one attached hydrogen (secondary N) is 3. The topological polar surface area (TPSA) is 128 Å². The van der Waals surface area contributed by atoms with Gasteiger partial charge in [0.25, 0.3) is 5.91 Å². The molecule has 0 saturated heterocycles. The molecule has 0 saturated carbocycles. The average Bonchev–Trinajstić information content (AvgIpc) is 3.09. The van der Waals surface area contributed by atoms with Crippen molar-refractivity contribution < 1.29 is 28.6 Å². The minimum atomic E-state index is -0.543. The molecule has 3 N–H and O–H groups in total. The summed E-state index contributed by atoms with van der Waals surface area (Å²) in [4.78, 5) is 42.1. The Kier molecular flexibility index (Phi) is 11.3. The molecule has 36 heavy (non-hydrogen) atoms. The summed E-state index contributed by atoms with van der Waals surface area (Å²) in [7, 11) is 0. The Hall–Kier alpha value is -3.02. The first kappa shape index (κ1) is 29.2. The Morgan fingerprint density at radius 2 is 1.67 bits per heavy atom. The number of benzene rings is 1. The van der Waals surface area contributed by atoms with Gasteiger partial charge in [-0.15, -0.1) is 11.3 Å². The van der Waals surface area contributed by atoms with E-state index in [1.165, 1.54) is 11.3 Å². The number of amides is 3. The zero-order valence-electron chi connectivity index (χ0n) is 21.8. The second-order valence-corrected chi connectivity index (χ2v) is 10.3. The highest BCUT2D eigenvalue weighted by atomic mass is 32.1. The minimum absolute atomic E-state index is 0.125. The maximum atomic E-state index is 12.8. The lowest BCUT2D eigenvalue weighted by Crippen LogP contribution is -2.34. The Balaban J connectivity index is 1.69. The minimum Gasteiger partial charge on any atom is -0.444 e. The summed E-state index contributed by atoms with van der Waals surface area (Å²) in [5.74, 6) is -0.603. The molecule has 2 rings (SSSR count). The van der Waals surface area contributed by atoms with Crippen molar-refractivity contribution in [2.75, 3.05) is 43.6 Å². The normalized spacial score (nSPS) is 11.2. The number of aromatic nitrogens is 1. The van der Waals surface area contributed by atoms with Crippen LogP contribution in [-0.2, 0) is 19.0 Å². The molecule has 0 radical (unpaired) electrons. The molecule has 198 valence electrons. The summed E-state index contributed by atoms with van der Waals surface area (Å²) in [6, 6.07) is 5.26. The van der Waals surface area contributed by atoms with Crippen LogP contribution in [0.25, 0.3) is 0 Å². The summed E-state index contributed by atoms with van der Waals surface area (Å²) < 4.78 is 16.0. The standard InChI is InChI=1S/C25H36N4O6S/c1-16-7-8-20(19(15-16)22(31)29-23-27-17(2)18(3)36-23)28-21(30)9-11-33-13-14-34-12-10-26-24(32)35-25(4,5)6/h7-8,15H,9-14H2,1-6H3,(H,26,32)(H,28,30)(H,27,29,31). The van der Waals surface area contributed by atoms with E-state index in [2.05, 4.69) is 20.9 Å². The lowest BCUT2D eigenvalue weighted by molar-refractivity contribution is -0.117. The number of carbonyl (C=O) groups excluding carboxylic acids is 3. The van der Waals surface area contributed by atoms with E-state index in [1.807, 2.05) is 26.8 Å². The molecule has 10 nitrogen and oxygen atoms in total. The van der Waals surface area contributed by atoms with Crippen molar-refractivity contribution in [1.29, 1.82) is 0 Å². The first-order valence-corrected chi connectivity index (χ1v) is 12.5. The fourth-order valence-electron chi connectivity index (χ4n) is 2.88. The van der Waals surface area contributed by atoms with Crippen LogP contribution in [0.15, 0.2) is 18.2 Å². The van der Waals surface area contributed by atoms with E-state index in [1.54, 1.807) is 32.9 Å². The molecule has 1 aromatic heterocycles. The predicted octanol–water partition coefficient (Wildman–Crippen LogP) is 4.21. The third-order valence-electron chi connectivity index (χ3n) is 4.70. The van der Waals surface area contributed by atoms with Gasteiger partial charge in [0.1, 0.15) is 5.60 Å². The lowest BCUT2D eigenvalue weighted by Gasteiger charge is -2.19. The highest BCUT2D eigenvalue weighted by molar-refractivity contribution is 7.15. The Bertz CT molecular complexity index is 1030. The zero-order valence-corrected chi connectivity index (χ0v) is 22.6. The molecule has 0 aliphatic rings. The van der Waals surface area contributed by atoms with Crippen molar-refractivity contribution in [2.24, 2.45) is 0 Å². The number of nitrogens with zero attached hydrogens (tertiary/aromatic N) is 1. The number of hydrogen-bond donors (Lipinski definition) is 3. The van der Waals surface area contributed by atoms with Gasteiger partial charge in [-0.1, -0.05) is 11.6 Å². The van der Waals surface area contributed by atoms with Crippen LogP contribution >= 0.6 is 11.3 Å². The Labute approximate surface area is 216 Å². The van der Waals surface area contributed by atoms with Crippen LogP contribution < -0.4 is 16.0 Å². The Morgan fingerprint density at radius 1 is 0.972 bits per heavy atom. The third kappa shape index (κ3) is 10.7. The predicted molar refractivity (Wildman–Crippen MR) is 140 cm³/mol. The van der Waals surface area contributed by atoms with Gasteiger partial charge >= 0.3 is 6.09 Å². The van der Waals surface area contributed by atoms with Gasteiger partial charge in [0.05, 0.1) is 49.8 Å². The first-order chi connectivity index (χ1) is 16.9. The van der Waals surface area contributed by atoms with E-state index in [-0.39, 0.29) is 24.8 Å². The molecule has 0 aliphatic heterocycles. The molecule has 1 aromatic carbocycles. The number of anilines is 2. The smallest absolute Gasteiger partial charge is 0.407 e. The first-order valence-electron chi connectivity index (χ1n) is 11.7. The van der Waals surface area contributed by atoms with Crippen molar-refractivity contribution in [3.63, 3.8) is 0 Å². The molecular formula is C25H36N4O6S. The maximum Gasteiger partial charge on any atom is 0.407 e.